The molecular formula is C18H19N5O3. The Labute approximate surface area is 150 Å². The van der Waals surface area contributed by atoms with Gasteiger partial charge in [-0.1, -0.05) is 5.16 Å². The minimum Gasteiger partial charge on any atom is -0.487 e. The van der Waals surface area contributed by atoms with Crippen LogP contribution in [0.5, 0.6) is 5.75 Å². The van der Waals surface area contributed by atoms with E-state index in [2.05, 4.69) is 15.2 Å². The van der Waals surface area contributed by atoms with Crippen molar-refractivity contribution < 1.29 is 14.1 Å². The molecule has 2 aromatic heterocycles. The monoisotopic (exact) mass is 353 g/mol. The van der Waals surface area contributed by atoms with Gasteiger partial charge < -0.3 is 14.2 Å². The van der Waals surface area contributed by atoms with Gasteiger partial charge in [0.25, 0.3) is 11.8 Å². The number of carbonyl (C=O) groups is 1. The lowest BCUT2D eigenvalue weighted by Gasteiger charge is -2.38. The summed E-state index contributed by atoms with van der Waals surface area (Å²) in [6.45, 7) is 5.55. The van der Waals surface area contributed by atoms with Gasteiger partial charge >= 0.3 is 0 Å². The molecule has 0 saturated carbocycles. The van der Waals surface area contributed by atoms with Gasteiger partial charge in [0.1, 0.15) is 17.5 Å². The van der Waals surface area contributed by atoms with Crippen molar-refractivity contribution in [3.63, 3.8) is 0 Å². The molecule has 0 spiro atoms. The maximum absolute atomic E-state index is 12.5. The van der Waals surface area contributed by atoms with Gasteiger partial charge in [0.05, 0.1) is 13.1 Å². The Bertz CT molecular complexity index is 909. The van der Waals surface area contributed by atoms with Gasteiger partial charge in [-0.15, -0.1) is 0 Å². The van der Waals surface area contributed by atoms with Crippen molar-refractivity contribution in [2.24, 2.45) is 0 Å². The van der Waals surface area contributed by atoms with Crippen LogP contribution in [0.3, 0.4) is 0 Å². The summed E-state index contributed by atoms with van der Waals surface area (Å²) in [4.78, 5) is 18.4. The van der Waals surface area contributed by atoms with E-state index in [4.69, 9.17) is 9.26 Å². The average molecular weight is 353 g/mol. The first kappa shape index (κ1) is 16.3. The second-order valence-electron chi connectivity index (χ2n) is 6.15. The summed E-state index contributed by atoms with van der Waals surface area (Å²) in [6, 6.07) is 9.24. The molecule has 1 aliphatic rings. The average Bonchev–Trinajstić information content (AvgIpc) is 3.26. The molecule has 1 fully saturated rings. The summed E-state index contributed by atoms with van der Waals surface area (Å²) in [6.07, 6.45) is 1.64. The van der Waals surface area contributed by atoms with Crippen molar-refractivity contribution in [1.29, 1.82) is 0 Å². The molecule has 1 aromatic carbocycles. The van der Waals surface area contributed by atoms with E-state index in [0.29, 0.717) is 37.0 Å². The third-order valence-corrected chi connectivity index (χ3v) is 4.30. The van der Waals surface area contributed by atoms with Crippen molar-refractivity contribution in [2.75, 3.05) is 13.1 Å². The van der Waals surface area contributed by atoms with Gasteiger partial charge in [-0.25, -0.2) is 0 Å². The van der Waals surface area contributed by atoms with Crippen LogP contribution in [0, 0.1) is 6.92 Å². The SMILES string of the molecule is CCn1nccc1C(=O)N1CC(Oc2ccc(-c3nc(C)no3)cc2)C1. The van der Waals surface area contributed by atoms with Crippen molar-refractivity contribution >= 4 is 5.91 Å². The first-order valence-corrected chi connectivity index (χ1v) is 8.52. The van der Waals surface area contributed by atoms with Crippen LogP contribution in [0.4, 0.5) is 0 Å². The van der Waals surface area contributed by atoms with Gasteiger partial charge in [0, 0.05) is 18.3 Å². The first-order chi connectivity index (χ1) is 12.6. The van der Waals surface area contributed by atoms with E-state index in [9.17, 15) is 4.79 Å². The van der Waals surface area contributed by atoms with Crippen LogP contribution in [-0.4, -0.2) is 49.9 Å². The number of aromatic nitrogens is 4. The third-order valence-electron chi connectivity index (χ3n) is 4.30. The lowest BCUT2D eigenvalue weighted by molar-refractivity contribution is 0.0169. The van der Waals surface area contributed by atoms with E-state index in [1.54, 1.807) is 28.8 Å². The number of hydrogen-bond acceptors (Lipinski definition) is 6. The third kappa shape index (κ3) is 3.05. The summed E-state index contributed by atoms with van der Waals surface area (Å²) < 4.78 is 12.8. The standard InChI is InChI=1S/C18H19N5O3/c1-3-23-16(8-9-19-23)18(24)22-10-15(11-22)25-14-6-4-13(5-7-14)17-20-12(2)21-26-17/h4-9,15H,3,10-11H2,1-2H3. The number of rotatable bonds is 5. The Morgan fingerprint density at radius 3 is 2.69 bits per heavy atom. The Hall–Kier alpha value is -3.16. The highest BCUT2D eigenvalue weighted by atomic mass is 16.5. The van der Waals surface area contributed by atoms with Gasteiger partial charge in [-0.3, -0.25) is 9.48 Å². The zero-order valence-corrected chi connectivity index (χ0v) is 14.6. The van der Waals surface area contributed by atoms with Crippen molar-refractivity contribution in [2.45, 2.75) is 26.5 Å². The van der Waals surface area contributed by atoms with Crippen LogP contribution in [0.1, 0.15) is 23.2 Å². The van der Waals surface area contributed by atoms with E-state index >= 15 is 0 Å². The molecule has 0 unspecified atom stereocenters. The van der Waals surface area contributed by atoms with E-state index in [0.717, 1.165) is 11.3 Å². The van der Waals surface area contributed by atoms with Gasteiger partial charge in [-0.2, -0.15) is 10.1 Å². The molecule has 1 saturated heterocycles. The Kier molecular flexibility index (Phi) is 4.16. The molecule has 134 valence electrons. The molecule has 0 N–H and O–H groups in total. The highest BCUT2D eigenvalue weighted by Gasteiger charge is 2.34. The summed E-state index contributed by atoms with van der Waals surface area (Å²) in [5.41, 5.74) is 1.46. The zero-order valence-electron chi connectivity index (χ0n) is 14.6. The molecule has 4 rings (SSSR count). The molecule has 26 heavy (non-hydrogen) atoms. The van der Waals surface area contributed by atoms with Crippen molar-refractivity contribution in [3.05, 3.63) is 48.0 Å². The first-order valence-electron chi connectivity index (χ1n) is 8.52. The summed E-state index contributed by atoms with van der Waals surface area (Å²) >= 11 is 0. The smallest absolute Gasteiger partial charge is 0.272 e. The molecule has 0 radical (unpaired) electrons. The van der Waals surface area contributed by atoms with E-state index in [1.165, 1.54) is 0 Å². The Morgan fingerprint density at radius 2 is 2.04 bits per heavy atom. The van der Waals surface area contributed by atoms with E-state index in [1.807, 2.05) is 31.2 Å². The van der Waals surface area contributed by atoms with Crippen LogP contribution in [0.25, 0.3) is 11.5 Å². The number of likely N-dealkylation sites (tertiary alicyclic amines) is 1. The fourth-order valence-electron chi connectivity index (χ4n) is 2.89. The molecule has 1 aliphatic heterocycles. The summed E-state index contributed by atoms with van der Waals surface area (Å²) in [5.74, 6) is 1.83. The number of nitrogens with zero attached hydrogens (tertiary/aromatic N) is 5. The zero-order chi connectivity index (χ0) is 18.1. The molecule has 3 aromatic rings. The molecule has 0 atom stereocenters. The maximum Gasteiger partial charge on any atom is 0.272 e. The number of aryl methyl sites for hydroxylation is 2. The van der Waals surface area contributed by atoms with Crippen molar-refractivity contribution in [3.8, 4) is 17.2 Å². The minimum absolute atomic E-state index is 0.00607. The highest BCUT2D eigenvalue weighted by molar-refractivity contribution is 5.93. The van der Waals surface area contributed by atoms with Gasteiger partial charge in [-0.05, 0) is 44.2 Å². The Balaban J connectivity index is 1.33. The lowest BCUT2D eigenvalue weighted by atomic mass is 10.1. The van der Waals surface area contributed by atoms with Gasteiger partial charge in [0.2, 0.25) is 0 Å². The predicted octanol–water partition coefficient (Wildman–Crippen LogP) is 2.16. The number of ether oxygens (including phenoxy) is 1. The highest BCUT2D eigenvalue weighted by Crippen LogP contribution is 2.24. The lowest BCUT2D eigenvalue weighted by Crippen LogP contribution is -2.56. The molecule has 8 nitrogen and oxygen atoms in total. The normalized spacial score (nSPS) is 14.3. The fourth-order valence-corrected chi connectivity index (χ4v) is 2.89. The van der Waals surface area contributed by atoms with Gasteiger partial charge in [0.15, 0.2) is 5.82 Å². The quantitative estimate of drug-likeness (QED) is 0.699. The second-order valence-corrected chi connectivity index (χ2v) is 6.15. The largest absolute Gasteiger partial charge is 0.487 e. The summed E-state index contributed by atoms with van der Waals surface area (Å²) in [7, 11) is 0. The molecule has 1 amide bonds. The molecule has 0 bridgehead atoms. The van der Waals surface area contributed by atoms with Crippen LogP contribution in [0.15, 0.2) is 41.1 Å². The van der Waals surface area contributed by atoms with Crippen molar-refractivity contribution in [1.82, 2.24) is 24.8 Å². The fraction of sp³-hybridized carbons (Fsp3) is 0.333. The second kappa shape index (κ2) is 6.62. The number of amides is 1. The topological polar surface area (TPSA) is 86.3 Å². The van der Waals surface area contributed by atoms with E-state index < -0.39 is 0 Å². The van der Waals surface area contributed by atoms with Crippen LogP contribution in [0.2, 0.25) is 0 Å². The molecular weight excluding hydrogens is 334 g/mol. The number of benzene rings is 1. The predicted molar refractivity (Wildman–Crippen MR) is 92.7 cm³/mol. The molecule has 0 aliphatic carbocycles. The van der Waals surface area contributed by atoms with E-state index in [-0.39, 0.29) is 12.0 Å². The summed E-state index contributed by atoms with van der Waals surface area (Å²) in [5, 5.41) is 7.92. The Morgan fingerprint density at radius 1 is 1.27 bits per heavy atom. The van der Waals surface area contributed by atoms with Crippen LogP contribution < -0.4 is 4.74 Å². The maximum atomic E-state index is 12.5. The number of hydrogen-bond donors (Lipinski definition) is 0. The minimum atomic E-state index is -0.00804. The van der Waals surface area contributed by atoms with Crippen LogP contribution >= 0.6 is 0 Å². The molecule has 8 heteroatoms. The molecule has 3 heterocycles. The number of carbonyl (C=O) groups excluding carboxylic acids is 1. The van der Waals surface area contributed by atoms with Crippen LogP contribution in [-0.2, 0) is 6.54 Å².